The lowest BCUT2D eigenvalue weighted by Gasteiger charge is -2.06. The van der Waals surface area contributed by atoms with Gasteiger partial charge in [0.15, 0.2) is 11.5 Å². The topological polar surface area (TPSA) is 38.7 Å². The molecule has 1 N–H and O–H groups in total. The van der Waals surface area contributed by atoms with Gasteiger partial charge in [-0.25, -0.2) is 4.39 Å². The van der Waals surface area contributed by atoms with Crippen LogP contribution in [0.4, 0.5) is 4.39 Å². The van der Waals surface area contributed by atoms with Gasteiger partial charge in [0.05, 0.1) is 6.10 Å². The summed E-state index contributed by atoms with van der Waals surface area (Å²) in [6.07, 6.45) is 2.51. The fraction of sp³-hybridized carbons (Fsp3) is 0.125. The molecule has 0 bridgehead atoms. The number of benzene rings is 2. The Morgan fingerprint density at radius 2 is 1.95 bits per heavy atom. The van der Waals surface area contributed by atoms with Gasteiger partial charge in [-0.3, -0.25) is 0 Å². The van der Waals surface area contributed by atoms with Gasteiger partial charge in [-0.15, -0.1) is 0 Å². The smallest absolute Gasteiger partial charge is 0.231 e. The first kappa shape index (κ1) is 12.7. The van der Waals surface area contributed by atoms with Crippen molar-refractivity contribution in [2.24, 2.45) is 0 Å². The molecular weight excluding hydrogens is 259 g/mol. The molecule has 0 spiro atoms. The summed E-state index contributed by atoms with van der Waals surface area (Å²) in [5, 5.41) is 9.99. The van der Waals surface area contributed by atoms with Crippen LogP contribution in [0.3, 0.4) is 0 Å². The van der Waals surface area contributed by atoms with Crippen molar-refractivity contribution in [2.75, 3.05) is 6.79 Å². The Morgan fingerprint density at radius 3 is 2.80 bits per heavy atom. The minimum absolute atomic E-state index is 0.231. The van der Waals surface area contributed by atoms with Crippen LogP contribution >= 0.6 is 0 Å². The quantitative estimate of drug-likeness (QED) is 0.931. The predicted molar refractivity (Wildman–Crippen MR) is 73.0 cm³/mol. The second-order valence-electron chi connectivity index (χ2n) is 4.47. The zero-order valence-corrected chi connectivity index (χ0v) is 10.6. The number of hydrogen-bond donors (Lipinski definition) is 1. The summed E-state index contributed by atoms with van der Waals surface area (Å²) >= 11 is 0. The summed E-state index contributed by atoms with van der Waals surface area (Å²) in [6, 6.07) is 11.4. The van der Waals surface area contributed by atoms with Crippen molar-refractivity contribution in [3.63, 3.8) is 0 Å². The highest BCUT2D eigenvalue weighted by Crippen LogP contribution is 2.33. The SMILES string of the molecule is OC(/C=C/c1ccc2c(c1)OCO2)c1cccc(F)c1. The summed E-state index contributed by atoms with van der Waals surface area (Å²) in [5.74, 6) is 1.04. The van der Waals surface area contributed by atoms with Crippen LogP contribution in [0.2, 0.25) is 0 Å². The normalized spacial score (nSPS) is 14.7. The zero-order chi connectivity index (χ0) is 13.9. The number of halogens is 1. The van der Waals surface area contributed by atoms with Crippen LogP contribution in [-0.4, -0.2) is 11.9 Å². The predicted octanol–water partition coefficient (Wildman–Crippen LogP) is 3.30. The molecule has 2 aromatic carbocycles. The minimum Gasteiger partial charge on any atom is -0.454 e. The van der Waals surface area contributed by atoms with E-state index in [0.29, 0.717) is 17.1 Å². The molecule has 0 radical (unpaired) electrons. The van der Waals surface area contributed by atoms with Crippen LogP contribution in [-0.2, 0) is 0 Å². The first-order chi connectivity index (χ1) is 9.72. The van der Waals surface area contributed by atoms with Crippen LogP contribution in [0.5, 0.6) is 11.5 Å². The fourth-order valence-corrected chi connectivity index (χ4v) is 2.02. The molecule has 0 aliphatic carbocycles. The highest BCUT2D eigenvalue weighted by molar-refractivity contribution is 5.57. The number of ether oxygens (including phenoxy) is 2. The minimum atomic E-state index is -0.851. The molecule has 1 atom stereocenters. The maximum absolute atomic E-state index is 13.1. The number of hydrogen-bond acceptors (Lipinski definition) is 3. The standard InChI is InChI=1S/C16H13FO3/c17-13-3-1-2-12(9-13)14(18)6-4-11-5-7-15-16(8-11)20-10-19-15/h1-9,14,18H,10H2/b6-4+. The van der Waals surface area contributed by atoms with E-state index in [9.17, 15) is 9.50 Å². The lowest BCUT2D eigenvalue weighted by atomic mass is 10.1. The third-order valence-electron chi connectivity index (χ3n) is 3.06. The monoisotopic (exact) mass is 272 g/mol. The van der Waals surface area contributed by atoms with E-state index in [1.165, 1.54) is 12.1 Å². The summed E-state index contributed by atoms with van der Waals surface area (Å²) in [7, 11) is 0. The molecule has 102 valence electrons. The van der Waals surface area contributed by atoms with Crippen molar-refractivity contribution in [3.05, 3.63) is 65.5 Å². The number of fused-ring (bicyclic) bond motifs is 1. The first-order valence-electron chi connectivity index (χ1n) is 6.24. The number of rotatable bonds is 3. The highest BCUT2D eigenvalue weighted by atomic mass is 19.1. The Labute approximate surface area is 115 Å². The van der Waals surface area contributed by atoms with Crippen LogP contribution in [0.1, 0.15) is 17.2 Å². The van der Waals surface area contributed by atoms with Gasteiger partial charge >= 0.3 is 0 Å². The highest BCUT2D eigenvalue weighted by Gasteiger charge is 2.12. The van der Waals surface area contributed by atoms with Crippen molar-refractivity contribution in [2.45, 2.75) is 6.10 Å². The summed E-state index contributed by atoms with van der Waals surface area (Å²) in [6.45, 7) is 0.231. The molecule has 3 rings (SSSR count). The molecule has 1 aliphatic rings. The third kappa shape index (κ3) is 2.65. The molecule has 0 fully saturated rings. The molecule has 0 amide bonds. The van der Waals surface area contributed by atoms with Crippen LogP contribution in [0.15, 0.2) is 48.5 Å². The number of aliphatic hydroxyl groups excluding tert-OH is 1. The van der Waals surface area contributed by atoms with Crippen molar-refractivity contribution in [1.29, 1.82) is 0 Å². The Balaban J connectivity index is 1.77. The fourth-order valence-electron chi connectivity index (χ4n) is 2.02. The second kappa shape index (κ2) is 5.35. The molecule has 0 saturated heterocycles. The van der Waals surface area contributed by atoms with Gasteiger partial charge in [0.25, 0.3) is 0 Å². The molecule has 1 aliphatic heterocycles. The Morgan fingerprint density at radius 1 is 1.10 bits per heavy atom. The summed E-state index contributed by atoms with van der Waals surface area (Å²) < 4.78 is 23.6. The summed E-state index contributed by atoms with van der Waals surface area (Å²) in [5.41, 5.74) is 1.40. The second-order valence-corrected chi connectivity index (χ2v) is 4.47. The molecular formula is C16H13FO3. The van der Waals surface area contributed by atoms with Crippen LogP contribution in [0.25, 0.3) is 6.08 Å². The zero-order valence-electron chi connectivity index (χ0n) is 10.6. The van der Waals surface area contributed by atoms with Crippen LogP contribution in [0, 0.1) is 5.82 Å². The average Bonchev–Trinajstić information content (AvgIpc) is 2.92. The lowest BCUT2D eigenvalue weighted by molar-refractivity contribution is 0.174. The van der Waals surface area contributed by atoms with Gasteiger partial charge in [-0.05, 0) is 35.4 Å². The van der Waals surface area contributed by atoms with E-state index in [-0.39, 0.29) is 12.6 Å². The lowest BCUT2D eigenvalue weighted by Crippen LogP contribution is -1.93. The maximum atomic E-state index is 13.1. The van der Waals surface area contributed by atoms with E-state index in [0.717, 1.165) is 5.56 Å². The van der Waals surface area contributed by atoms with Gasteiger partial charge in [-0.1, -0.05) is 30.4 Å². The maximum Gasteiger partial charge on any atom is 0.231 e. The van der Waals surface area contributed by atoms with Gasteiger partial charge < -0.3 is 14.6 Å². The number of aliphatic hydroxyl groups is 1. The largest absolute Gasteiger partial charge is 0.454 e. The van der Waals surface area contributed by atoms with E-state index >= 15 is 0 Å². The van der Waals surface area contributed by atoms with Crippen molar-refractivity contribution >= 4 is 6.08 Å². The summed E-state index contributed by atoms with van der Waals surface area (Å²) in [4.78, 5) is 0. The molecule has 20 heavy (non-hydrogen) atoms. The molecule has 0 saturated carbocycles. The van der Waals surface area contributed by atoms with E-state index in [1.807, 2.05) is 18.2 Å². The van der Waals surface area contributed by atoms with E-state index < -0.39 is 6.10 Å². The van der Waals surface area contributed by atoms with E-state index in [4.69, 9.17) is 9.47 Å². The molecule has 0 aromatic heterocycles. The van der Waals surface area contributed by atoms with E-state index in [1.54, 1.807) is 24.3 Å². The van der Waals surface area contributed by atoms with Gasteiger partial charge in [0, 0.05) is 0 Å². The molecule has 1 unspecified atom stereocenters. The van der Waals surface area contributed by atoms with Crippen molar-refractivity contribution in [3.8, 4) is 11.5 Å². The Bertz CT molecular complexity index is 652. The molecule has 4 heteroatoms. The van der Waals surface area contributed by atoms with Crippen molar-refractivity contribution < 1.29 is 19.0 Å². The Hall–Kier alpha value is -2.33. The van der Waals surface area contributed by atoms with Gasteiger partial charge in [0.2, 0.25) is 6.79 Å². The first-order valence-corrected chi connectivity index (χ1v) is 6.24. The van der Waals surface area contributed by atoms with Crippen molar-refractivity contribution in [1.82, 2.24) is 0 Å². The average molecular weight is 272 g/mol. The van der Waals surface area contributed by atoms with Gasteiger partial charge in [0.1, 0.15) is 5.82 Å². The molecule has 1 heterocycles. The molecule has 3 nitrogen and oxygen atoms in total. The van der Waals surface area contributed by atoms with Gasteiger partial charge in [-0.2, -0.15) is 0 Å². The third-order valence-corrected chi connectivity index (χ3v) is 3.06. The van der Waals surface area contributed by atoms with E-state index in [2.05, 4.69) is 0 Å². The molecule has 2 aromatic rings. The van der Waals surface area contributed by atoms with Crippen LogP contribution < -0.4 is 9.47 Å². The Kier molecular flexibility index (Phi) is 3.39.